The molecule has 2 nitrogen and oxygen atoms in total. The molecule has 1 aromatic rings. The van der Waals surface area contributed by atoms with Gasteiger partial charge in [0.05, 0.1) is 5.60 Å². The van der Waals surface area contributed by atoms with E-state index in [0.717, 1.165) is 16.7 Å². The Bertz CT molecular complexity index is 360. The molecule has 0 aliphatic rings. The van der Waals surface area contributed by atoms with Crippen molar-refractivity contribution in [2.75, 3.05) is 0 Å². The van der Waals surface area contributed by atoms with Gasteiger partial charge in [-0.1, -0.05) is 6.07 Å². The van der Waals surface area contributed by atoms with E-state index in [1.54, 1.807) is 13.8 Å². The Kier molecular flexibility index (Phi) is 2.59. The first-order valence-electron chi connectivity index (χ1n) is 4.77. The molecule has 78 valence electrons. The topological polar surface area (TPSA) is 40.5 Å². The number of aromatic hydroxyl groups is 1. The molecule has 2 N–H and O–H groups in total. The van der Waals surface area contributed by atoms with Crippen molar-refractivity contribution >= 4 is 0 Å². The van der Waals surface area contributed by atoms with Crippen molar-refractivity contribution in [2.24, 2.45) is 0 Å². The highest BCUT2D eigenvalue weighted by Crippen LogP contribution is 2.35. The molecule has 14 heavy (non-hydrogen) atoms. The molecule has 0 radical (unpaired) electrons. The van der Waals surface area contributed by atoms with Crippen molar-refractivity contribution in [3.05, 3.63) is 28.3 Å². The molecular formula is C12H18O2. The SMILES string of the molecule is Cc1cc(C)c(C(C)(C)O)c(O)c1C. The van der Waals surface area contributed by atoms with Gasteiger partial charge in [-0.05, 0) is 51.3 Å². The summed E-state index contributed by atoms with van der Waals surface area (Å²) in [6.45, 7) is 9.09. The quantitative estimate of drug-likeness (QED) is 0.721. The van der Waals surface area contributed by atoms with Gasteiger partial charge in [0.25, 0.3) is 0 Å². The van der Waals surface area contributed by atoms with Gasteiger partial charge in [0.15, 0.2) is 0 Å². The van der Waals surface area contributed by atoms with E-state index in [9.17, 15) is 10.2 Å². The maximum atomic E-state index is 9.93. The van der Waals surface area contributed by atoms with Crippen LogP contribution in [0.4, 0.5) is 0 Å². The predicted octanol–water partition coefficient (Wildman–Crippen LogP) is 2.54. The van der Waals surface area contributed by atoms with Crippen LogP contribution < -0.4 is 0 Å². The summed E-state index contributed by atoms with van der Waals surface area (Å²) in [4.78, 5) is 0. The summed E-state index contributed by atoms with van der Waals surface area (Å²) >= 11 is 0. The minimum atomic E-state index is -0.993. The largest absolute Gasteiger partial charge is 0.507 e. The Hall–Kier alpha value is -1.02. The van der Waals surface area contributed by atoms with E-state index in [2.05, 4.69) is 0 Å². The van der Waals surface area contributed by atoms with Gasteiger partial charge in [0.2, 0.25) is 0 Å². The third-order valence-corrected chi connectivity index (χ3v) is 2.62. The summed E-state index contributed by atoms with van der Waals surface area (Å²) in [5, 5.41) is 19.8. The van der Waals surface area contributed by atoms with E-state index in [1.165, 1.54) is 0 Å². The average molecular weight is 194 g/mol. The highest BCUT2D eigenvalue weighted by atomic mass is 16.3. The third kappa shape index (κ3) is 1.75. The molecular weight excluding hydrogens is 176 g/mol. The van der Waals surface area contributed by atoms with Gasteiger partial charge in [0, 0.05) is 5.56 Å². The smallest absolute Gasteiger partial charge is 0.125 e. The molecule has 0 atom stereocenters. The van der Waals surface area contributed by atoms with Crippen molar-refractivity contribution < 1.29 is 10.2 Å². The monoisotopic (exact) mass is 194 g/mol. The minimum Gasteiger partial charge on any atom is -0.507 e. The van der Waals surface area contributed by atoms with Crippen LogP contribution >= 0.6 is 0 Å². The molecule has 0 aliphatic carbocycles. The van der Waals surface area contributed by atoms with Crippen LogP contribution in [0, 0.1) is 20.8 Å². The Morgan fingerprint density at radius 3 is 2.00 bits per heavy atom. The zero-order chi connectivity index (χ0) is 11.1. The fourth-order valence-corrected chi connectivity index (χ4v) is 1.84. The van der Waals surface area contributed by atoms with Gasteiger partial charge < -0.3 is 10.2 Å². The number of benzene rings is 1. The van der Waals surface area contributed by atoms with Crippen molar-refractivity contribution in [3.63, 3.8) is 0 Å². The normalized spacial score (nSPS) is 11.9. The first-order chi connectivity index (χ1) is 6.25. The second-order valence-electron chi connectivity index (χ2n) is 4.42. The van der Waals surface area contributed by atoms with Crippen molar-refractivity contribution in [1.82, 2.24) is 0 Å². The molecule has 0 saturated carbocycles. The number of aryl methyl sites for hydroxylation is 2. The van der Waals surface area contributed by atoms with Crippen LogP contribution in [0.15, 0.2) is 6.07 Å². The number of hydrogen-bond donors (Lipinski definition) is 2. The van der Waals surface area contributed by atoms with Crippen LogP contribution in [0.2, 0.25) is 0 Å². The highest BCUT2D eigenvalue weighted by molar-refractivity contribution is 5.50. The molecule has 0 saturated heterocycles. The van der Waals surface area contributed by atoms with Gasteiger partial charge in [0.1, 0.15) is 5.75 Å². The fourth-order valence-electron chi connectivity index (χ4n) is 1.84. The maximum absolute atomic E-state index is 9.93. The van der Waals surface area contributed by atoms with Crippen molar-refractivity contribution in [2.45, 2.75) is 40.2 Å². The predicted molar refractivity (Wildman–Crippen MR) is 57.6 cm³/mol. The van der Waals surface area contributed by atoms with E-state index in [-0.39, 0.29) is 5.75 Å². The van der Waals surface area contributed by atoms with Crippen LogP contribution in [0.1, 0.15) is 36.1 Å². The standard InChI is InChI=1S/C12H18O2/c1-7-6-8(2)10(12(4,5)14)11(13)9(7)3/h6,13-14H,1-5H3. The molecule has 0 bridgehead atoms. The molecule has 1 aromatic carbocycles. The molecule has 0 aromatic heterocycles. The number of phenols is 1. The van der Waals surface area contributed by atoms with Gasteiger partial charge in [-0.3, -0.25) is 0 Å². The van der Waals surface area contributed by atoms with Gasteiger partial charge in [-0.15, -0.1) is 0 Å². The van der Waals surface area contributed by atoms with Gasteiger partial charge >= 0.3 is 0 Å². The van der Waals surface area contributed by atoms with Gasteiger partial charge in [-0.25, -0.2) is 0 Å². The van der Waals surface area contributed by atoms with Crippen molar-refractivity contribution in [1.29, 1.82) is 0 Å². The molecule has 0 amide bonds. The van der Waals surface area contributed by atoms with E-state index in [0.29, 0.717) is 5.56 Å². The van der Waals surface area contributed by atoms with E-state index in [4.69, 9.17) is 0 Å². The number of phenolic OH excluding ortho intramolecular Hbond substituents is 1. The summed E-state index contributed by atoms with van der Waals surface area (Å²) < 4.78 is 0. The van der Waals surface area contributed by atoms with Crippen LogP contribution in [0.3, 0.4) is 0 Å². The summed E-state index contributed by atoms with van der Waals surface area (Å²) in [5.74, 6) is 0.218. The molecule has 0 heterocycles. The van der Waals surface area contributed by atoms with E-state index >= 15 is 0 Å². The lowest BCUT2D eigenvalue weighted by Crippen LogP contribution is -2.18. The molecule has 0 unspecified atom stereocenters. The number of aliphatic hydroxyl groups is 1. The third-order valence-electron chi connectivity index (χ3n) is 2.62. The van der Waals surface area contributed by atoms with Crippen LogP contribution in [0.5, 0.6) is 5.75 Å². The molecule has 2 heteroatoms. The maximum Gasteiger partial charge on any atom is 0.125 e. The summed E-state index contributed by atoms with van der Waals surface area (Å²) in [6, 6.07) is 1.99. The molecule has 0 aliphatic heterocycles. The van der Waals surface area contributed by atoms with E-state index < -0.39 is 5.60 Å². The zero-order valence-electron chi connectivity index (χ0n) is 9.47. The number of rotatable bonds is 1. The first-order valence-corrected chi connectivity index (χ1v) is 4.77. The summed E-state index contributed by atoms with van der Waals surface area (Å²) in [5.41, 5.74) is 2.45. The summed E-state index contributed by atoms with van der Waals surface area (Å²) in [7, 11) is 0. The van der Waals surface area contributed by atoms with Crippen LogP contribution in [-0.2, 0) is 5.60 Å². The number of hydrogen-bond acceptors (Lipinski definition) is 2. The lowest BCUT2D eigenvalue weighted by atomic mass is 9.89. The fraction of sp³-hybridized carbons (Fsp3) is 0.500. The average Bonchev–Trinajstić information content (AvgIpc) is 1.97. The lowest BCUT2D eigenvalue weighted by Gasteiger charge is -2.23. The second-order valence-corrected chi connectivity index (χ2v) is 4.42. The molecule has 0 fully saturated rings. The van der Waals surface area contributed by atoms with Crippen LogP contribution in [-0.4, -0.2) is 10.2 Å². The zero-order valence-corrected chi connectivity index (χ0v) is 9.47. The molecule has 0 spiro atoms. The highest BCUT2D eigenvalue weighted by Gasteiger charge is 2.24. The van der Waals surface area contributed by atoms with E-state index in [1.807, 2.05) is 26.8 Å². The summed E-state index contributed by atoms with van der Waals surface area (Å²) in [6.07, 6.45) is 0. The van der Waals surface area contributed by atoms with Crippen LogP contribution in [0.25, 0.3) is 0 Å². The molecule has 1 rings (SSSR count). The van der Waals surface area contributed by atoms with Crippen molar-refractivity contribution in [3.8, 4) is 5.75 Å². The Morgan fingerprint density at radius 2 is 1.57 bits per heavy atom. The minimum absolute atomic E-state index is 0.218. The second kappa shape index (κ2) is 3.28. The Morgan fingerprint density at radius 1 is 1.07 bits per heavy atom. The first kappa shape index (κ1) is 11.1. The van der Waals surface area contributed by atoms with Gasteiger partial charge in [-0.2, -0.15) is 0 Å². The lowest BCUT2D eigenvalue weighted by molar-refractivity contribution is 0.0750. The Balaban J connectivity index is 3.53. The Labute approximate surface area is 85.2 Å².